The van der Waals surface area contributed by atoms with Crippen LogP contribution >= 0.6 is 11.6 Å². The summed E-state index contributed by atoms with van der Waals surface area (Å²) in [6.07, 6.45) is 1.38. The molecule has 1 aromatic heterocycles. The van der Waals surface area contributed by atoms with E-state index in [1.165, 1.54) is 6.20 Å². The average molecular weight is 363 g/mol. The van der Waals surface area contributed by atoms with Crippen LogP contribution in [0.3, 0.4) is 0 Å². The second-order valence-electron chi connectivity index (χ2n) is 5.38. The largest absolute Gasteiger partial charge is 0.378 e. The molecule has 2 aromatic carbocycles. The van der Waals surface area contributed by atoms with Gasteiger partial charge in [0.2, 0.25) is 0 Å². The highest BCUT2D eigenvalue weighted by molar-refractivity contribution is 7.92. The Balaban J connectivity index is 1.91. The van der Waals surface area contributed by atoms with Gasteiger partial charge in [-0.1, -0.05) is 11.6 Å². The Morgan fingerprint density at radius 3 is 2.42 bits per heavy atom. The Morgan fingerprint density at radius 1 is 1.04 bits per heavy atom. The first-order valence-electron chi connectivity index (χ1n) is 7.08. The third kappa shape index (κ3) is 3.42. The number of hydrogen-bond donors (Lipinski definition) is 1. The quantitative estimate of drug-likeness (QED) is 0.771. The molecule has 0 unspecified atom stereocenters. The van der Waals surface area contributed by atoms with E-state index < -0.39 is 10.0 Å². The molecule has 0 aliphatic heterocycles. The van der Waals surface area contributed by atoms with E-state index in [9.17, 15) is 8.42 Å². The lowest BCUT2D eigenvalue weighted by Gasteiger charge is -2.13. The van der Waals surface area contributed by atoms with Crippen LogP contribution in [0, 0.1) is 0 Å². The molecule has 0 saturated carbocycles. The Labute approximate surface area is 145 Å². The van der Waals surface area contributed by atoms with Crippen molar-refractivity contribution in [3.05, 3.63) is 53.7 Å². The summed E-state index contributed by atoms with van der Waals surface area (Å²) in [5.41, 5.74) is 2.07. The average Bonchev–Trinajstić information content (AvgIpc) is 2.54. The van der Waals surface area contributed by atoms with E-state index in [1.54, 1.807) is 42.5 Å². The summed E-state index contributed by atoms with van der Waals surface area (Å²) in [6.45, 7) is 0. The molecule has 1 N–H and O–H groups in total. The van der Waals surface area contributed by atoms with Crippen LogP contribution in [0.15, 0.2) is 53.6 Å². The fraction of sp³-hybridized carbons (Fsp3) is 0.125. The zero-order valence-electron chi connectivity index (χ0n) is 13.1. The van der Waals surface area contributed by atoms with Crippen molar-refractivity contribution in [2.45, 2.75) is 4.90 Å². The Bertz CT molecular complexity index is 989. The molecule has 24 heavy (non-hydrogen) atoms. The molecule has 0 aliphatic rings. The summed E-state index contributed by atoms with van der Waals surface area (Å²) in [6, 6.07) is 11.6. The van der Waals surface area contributed by atoms with E-state index in [0.29, 0.717) is 16.1 Å². The molecule has 0 aliphatic carbocycles. The maximum absolute atomic E-state index is 12.5. The fourth-order valence-electron chi connectivity index (χ4n) is 2.15. The van der Waals surface area contributed by atoms with Gasteiger partial charge in [0.15, 0.2) is 5.82 Å². The standard InChI is InChI=1S/C16H15ClN4O2S/c1-21(2)12-4-6-13(7-5-12)24(22,23)20-16-10-18-14-8-3-11(17)9-15(14)19-16/h3-10H,1-2H3,(H,19,20). The molecule has 0 bridgehead atoms. The van der Waals surface area contributed by atoms with Crippen molar-refractivity contribution >= 4 is 44.2 Å². The summed E-state index contributed by atoms with van der Waals surface area (Å²) in [5.74, 6) is 0.140. The zero-order valence-corrected chi connectivity index (χ0v) is 14.6. The van der Waals surface area contributed by atoms with Gasteiger partial charge in [0.25, 0.3) is 10.0 Å². The predicted molar refractivity (Wildman–Crippen MR) is 96.1 cm³/mol. The fourth-order valence-corrected chi connectivity index (χ4v) is 3.31. The number of fused-ring (bicyclic) bond motifs is 1. The van der Waals surface area contributed by atoms with Crippen LogP contribution in [0.4, 0.5) is 11.5 Å². The topological polar surface area (TPSA) is 75.2 Å². The number of sulfonamides is 1. The van der Waals surface area contributed by atoms with Gasteiger partial charge in [0.05, 0.1) is 22.1 Å². The van der Waals surface area contributed by atoms with Crippen LogP contribution in [0.25, 0.3) is 11.0 Å². The molecule has 3 aromatic rings. The van der Waals surface area contributed by atoms with Crippen LogP contribution < -0.4 is 9.62 Å². The molecule has 3 rings (SSSR count). The molecule has 0 fully saturated rings. The second-order valence-corrected chi connectivity index (χ2v) is 7.50. The van der Waals surface area contributed by atoms with Crippen molar-refractivity contribution in [1.82, 2.24) is 9.97 Å². The first-order valence-corrected chi connectivity index (χ1v) is 8.94. The molecule has 0 saturated heterocycles. The number of benzene rings is 2. The minimum Gasteiger partial charge on any atom is -0.378 e. The van der Waals surface area contributed by atoms with Crippen LogP contribution in [0.1, 0.15) is 0 Å². The summed E-state index contributed by atoms with van der Waals surface area (Å²) in [7, 11) is 0.0344. The van der Waals surface area contributed by atoms with Crippen LogP contribution in [0.2, 0.25) is 5.02 Å². The van der Waals surface area contributed by atoms with Gasteiger partial charge in [-0.05, 0) is 42.5 Å². The maximum Gasteiger partial charge on any atom is 0.263 e. The minimum absolute atomic E-state index is 0.140. The number of rotatable bonds is 4. The summed E-state index contributed by atoms with van der Waals surface area (Å²) in [4.78, 5) is 10.5. The zero-order chi connectivity index (χ0) is 17.3. The third-order valence-electron chi connectivity index (χ3n) is 3.41. The highest BCUT2D eigenvalue weighted by Crippen LogP contribution is 2.21. The number of aromatic nitrogens is 2. The van der Waals surface area contributed by atoms with Crippen LogP contribution in [-0.2, 0) is 10.0 Å². The van der Waals surface area contributed by atoms with E-state index >= 15 is 0 Å². The van der Waals surface area contributed by atoms with E-state index in [1.807, 2.05) is 19.0 Å². The highest BCUT2D eigenvalue weighted by atomic mass is 35.5. The second kappa shape index (κ2) is 6.26. The van der Waals surface area contributed by atoms with E-state index in [-0.39, 0.29) is 10.7 Å². The van der Waals surface area contributed by atoms with E-state index in [2.05, 4.69) is 14.7 Å². The van der Waals surface area contributed by atoms with Gasteiger partial charge in [-0.2, -0.15) is 0 Å². The van der Waals surface area contributed by atoms with Crippen molar-refractivity contribution in [2.75, 3.05) is 23.7 Å². The van der Waals surface area contributed by atoms with E-state index in [4.69, 9.17) is 11.6 Å². The summed E-state index contributed by atoms with van der Waals surface area (Å²) < 4.78 is 27.4. The molecule has 1 heterocycles. The number of halogens is 1. The minimum atomic E-state index is -3.74. The number of nitrogens with zero attached hydrogens (tertiary/aromatic N) is 3. The van der Waals surface area contributed by atoms with E-state index in [0.717, 1.165) is 5.69 Å². The molecular weight excluding hydrogens is 348 g/mol. The van der Waals surface area contributed by atoms with Crippen molar-refractivity contribution in [1.29, 1.82) is 0 Å². The molecule has 0 spiro atoms. The van der Waals surface area contributed by atoms with Gasteiger partial charge in [-0.15, -0.1) is 0 Å². The molecule has 8 heteroatoms. The first-order chi connectivity index (χ1) is 11.3. The lowest BCUT2D eigenvalue weighted by atomic mass is 10.3. The van der Waals surface area contributed by atoms with Gasteiger partial charge >= 0.3 is 0 Å². The number of anilines is 2. The Morgan fingerprint density at radius 2 is 1.75 bits per heavy atom. The van der Waals surface area contributed by atoms with Crippen molar-refractivity contribution < 1.29 is 8.42 Å². The SMILES string of the molecule is CN(C)c1ccc(S(=O)(=O)Nc2cnc3ccc(Cl)cc3n2)cc1. The predicted octanol–water partition coefficient (Wildman–Crippen LogP) is 3.15. The van der Waals surface area contributed by atoms with Gasteiger partial charge in [-0.3, -0.25) is 9.71 Å². The van der Waals surface area contributed by atoms with Gasteiger partial charge in [0.1, 0.15) is 0 Å². The molecule has 0 atom stereocenters. The lowest BCUT2D eigenvalue weighted by Crippen LogP contribution is -2.15. The van der Waals surface area contributed by atoms with Crippen LogP contribution in [0.5, 0.6) is 0 Å². The Hall–Kier alpha value is -2.38. The maximum atomic E-state index is 12.5. The van der Waals surface area contributed by atoms with Crippen molar-refractivity contribution in [3.8, 4) is 0 Å². The molecular formula is C16H15ClN4O2S. The van der Waals surface area contributed by atoms with Gasteiger partial charge < -0.3 is 4.90 Å². The normalized spacial score (nSPS) is 11.5. The number of hydrogen-bond acceptors (Lipinski definition) is 5. The lowest BCUT2D eigenvalue weighted by molar-refractivity contribution is 0.601. The Kier molecular flexibility index (Phi) is 4.29. The molecule has 6 nitrogen and oxygen atoms in total. The monoisotopic (exact) mass is 362 g/mol. The number of nitrogens with one attached hydrogen (secondary N) is 1. The van der Waals surface area contributed by atoms with Crippen molar-refractivity contribution in [2.24, 2.45) is 0 Å². The third-order valence-corrected chi connectivity index (χ3v) is 5.01. The van der Waals surface area contributed by atoms with Gasteiger partial charge in [0, 0.05) is 24.8 Å². The highest BCUT2D eigenvalue weighted by Gasteiger charge is 2.15. The van der Waals surface area contributed by atoms with Gasteiger partial charge in [-0.25, -0.2) is 13.4 Å². The first kappa shape index (κ1) is 16.5. The molecule has 124 valence electrons. The summed E-state index contributed by atoms with van der Waals surface area (Å²) in [5, 5.41) is 0.510. The smallest absolute Gasteiger partial charge is 0.263 e. The summed E-state index contributed by atoms with van der Waals surface area (Å²) >= 11 is 5.93. The van der Waals surface area contributed by atoms with Crippen molar-refractivity contribution in [3.63, 3.8) is 0 Å². The van der Waals surface area contributed by atoms with Crippen LogP contribution in [-0.4, -0.2) is 32.5 Å². The molecule has 0 radical (unpaired) electrons. The molecule has 0 amide bonds.